The van der Waals surface area contributed by atoms with Crippen LogP contribution in [-0.4, -0.2) is 36.5 Å². The maximum Gasteiger partial charge on any atom is 0.217 e. The van der Waals surface area contributed by atoms with Crippen LogP contribution in [0.5, 0.6) is 0 Å². The lowest BCUT2D eigenvalue weighted by atomic mass is 10.4. The molecule has 2 aromatic rings. The molecule has 3 rings (SSSR count). The molecule has 86 valence electrons. The van der Waals surface area contributed by atoms with Crippen molar-refractivity contribution < 1.29 is 4.79 Å². The highest BCUT2D eigenvalue weighted by atomic mass is 32.2. The van der Waals surface area contributed by atoms with Gasteiger partial charge in [-0.3, -0.25) is 4.79 Å². The molecule has 1 saturated carbocycles. The molecule has 0 radical (unpaired) electrons. The fraction of sp³-hybridized carbons (Fsp3) is 0.333. The second-order valence-corrected chi connectivity index (χ2v) is 4.59. The van der Waals surface area contributed by atoms with Crippen LogP contribution in [0.4, 0.5) is 0 Å². The van der Waals surface area contributed by atoms with E-state index in [1.165, 1.54) is 24.2 Å². The van der Waals surface area contributed by atoms with E-state index in [0.717, 1.165) is 12.8 Å². The van der Waals surface area contributed by atoms with E-state index in [9.17, 15) is 4.79 Å². The summed E-state index contributed by atoms with van der Waals surface area (Å²) in [6, 6.07) is 0.418. The highest BCUT2D eigenvalue weighted by Crippen LogP contribution is 2.37. The zero-order chi connectivity index (χ0) is 11.7. The van der Waals surface area contributed by atoms with Gasteiger partial charge in [0.15, 0.2) is 11.4 Å². The van der Waals surface area contributed by atoms with Gasteiger partial charge in [0.25, 0.3) is 0 Å². The lowest BCUT2D eigenvalue weighted by Gasteiger charge is -2.00. The van der Waals surface area contributed by atoms with Crippen molar-refractivity contribution in [1.82, 2.24) is 30.2 Å². The number of aldehydes is 1. The number of hydrogen-bond donors (Lipinski definition) is 0. The van der Waals surface area contributed by atoms with Crippen LogP contribution in [-0.2, 0) is 0 Å². The molecule has 0 atom stereocenters. The normalized spacial score (nSPS) is 14.8. The predicted octanol–water partition coefficient (Wildman–Crippen LogP) is 0.762. The minimum atomic E-state index is 0.418. The quantitative estimate of drug-likeness (QED) is 0.583. The molecule has 0 aromatic carbocycles. The van der Waals surface area contributed by atoms with E-state index in [4.69, 9.17) is 0 Å². The van der Waals surface area contributed by atoms with Crippen LogP contribution < -0.4 is 0 Å². The highest BCUT2D eigenvalue weighted by Gasteiger charge is 2.28. The summed E-state index contributed by atoms with van der Waals surface area (Å²) < 4.78 is 1.79. The Hall–Kier alpha value is -1.83. The smallest absolute Gasteiger partial charge is 0.217 e. The average Bonchev–Trinajstić information content (AvgIpc) is 3.11. The predicted molar refractivity (Wildman–Crippen MR) is 57.6 cm³/mol. The molecular weight excluding hydrogens is 240 g/mol. The van der Waals surface area contributed by atoms with Crippen molar-refractivity contribution in [3.8, 4) is 0 Å². The molecule has 2 heterocycles. The van der Waals surface area contributed by atoms with Gasteiger partial charge < -0.3 is 0 Å². The number of hydrogen-bond acceptors (Lipinski definition) is 7. The lowest BCUT2D eigenvalue weighted by molar-refractivity contribution is 0.112. The third kappa shape index (κ3) is 2.16. The van der Waals surface area contributed by atoms with Gasteiger partial charge in [-0.2, -0.15) is 0 Å². The van der Waals surface area contributed by atoms with Crippen molar-refractivity contribution in [2.24, 2.45) is 0 Å². The number of carbonyl (C=O) groups is 1. The Labute approximate surface area is 101 Å². The first-order valence-electron chi connectivity index (χ1n) is 5.10. The van der Waals surface area contributed by atoms with Crippen molar-refractivity contribution in [3.05, 3.63) is 18.0 Å². The van der Waals surface area contributed by atoms with E-state index in [0.29, 0.717) is 28.2 Å². The molecule has 0 saturated heterocycles. The molecule has 1 fully saturated rings. The van der Waals surface area contributed by atoms with Crippen LogP contribution in [0.3, 0.4) is 0 Å². The van der Waals surface area contributed by atoms with Gasteiger partial charge in [-0.05, 0) is 35.0 Å². The summed E-state index contributed by atoms with van der Waals surface area (Å²) in [5.74, 6) is 0. The highest BCUT2D eigenvalue weighted by molar-refractivity contribution is 7.99. The number of nitrogens with zero attached hydrogens (tertiary/aromatic N) is 6. The Balaban J connectivity index is 1.80. The fourth-order valence-electron chi connectivity index (χ4n) is 1.32. The van der Waals surface area contributed by atoms with Crippen LogP contribution in [0, 0.1) is 0 Å². The molecule has 8 heteroatoms. The van der Waals surface area contributed by atoms with Gasteiger partial charge in [-0.15, -0.1) is 5.10 Å². The first-order chi connectivity index (χ1) is 8.36. The molecule has 0 bridgehead atoms. The number of tetrazole rings is 1. The standard InChI is InChI=1S/C9H8N6OS/c16-5-6-3-10-8(11-4-6)17-9-12-13-14-15(9)7-1-2-7/h3-5,7H,1-2H2. The van der Waals surface area contributed by atoms with Gasteiger partial charge in [0.05, 0.1) is 11.6 Å². The largest absolute Gasteiger partial charge is 0.298 e. The SMILES string of the molecule is O=Cc1cnc(Sc2nnnn2C2CC2)nc1. The second-order valence-electron chi connectivity index (χ2n) is 3.66. The fourth-order valence-corrected chi connectivity index (χ4v) is 2.05. The summed E-state index contributed by atoms with van der Waals surface area (Å²) in [7, 11) is 0. The monoisotopic (exact) mass is 248 g/mol. The minimum Gasteiger partial charge on any atom is -0.298 e. The number of aromatic nitrogens is 6. The van der Waals surface area contributed by atoms with Gasteiger partial charge >= 0.3 is 0 Å². The summed E-state index contributed by atoms with van der Waals surface area (Å²) in [6.45, 7) is 0. The molecule has 0 aliphatic heterocycles. The molecule has 0 N–H and O–H groups in total. The van der Waals surface area contributed by atoms with Crippen LogP contribution in [0.1, 0.15) is 29.2 Å². The van der Waals surface area contributed by atoms with Crippen molar-refractivity contribution in [3.63, 3.8) is 0 Å². The zero-order valence-corrected chi connectivity index (χ0v) is 9.54. The summed E-state index contributed by atoms with van der Waals surface area (Å²) in [4.78, 5) is 18.6. The maximum absolute atomic E-state index is 10.5. The minimum absolute atomic E-state index is 0.418. The van der Waals surface area contributed by atoms with E-state index >= 15 is 0 Å². The molecule has 1 aliphatic carbocycles. The number of carbonyl (C=O) groups excluding carboxylic acids is 1. The zero-order valence-electron chi connectivity index (χ0n) is 8.72. The van der Waals surface area contributed by atoms with Crippen LogP contribution in [0.25, 0.3) is 0 Å². The molecule has 0 unspecified atom stereocenters. The van der Waals surface area contributed by atoms with Crippen molar-refractivity contribution >= 4 is 18.0 Å². The van der Waals surface area contributed by atoms with Crippen LogP contribution in [0.15, 0.2) is 22.7 Å². The van der Waals surface area contributed by atoms with Crippen LogP contribution >= 0.6 is 11.8 Å². The van der Waals surface area contributed by atoms with E-state index < -0.39 is 0 Å². The molecule has 0 amide bonds. The Morgan fingerprint density at radius 1 is 1.35 bits per heavy atom. The topological polar surface area (TPSA) is 86.5 Å². The van der Waals surface area contributed by atoms with Gasteiger partial charge in [0, 0.05) is 12.4 Å². The van der Waals surface area contributed by atoms with Gasteiger partial charge in [0.1, 0.15) is 0 Å². The van der Waals surface area contributed by atoms with Gasteiger partial charge in [0.2, 0.25) is 5.16 Å². The number of rotatable bonds is 4. The summed E-state index contributed by atoms with van der Waals surface area (Å²) in [5, 5.41) is 12.7. The van der Waals surface area contributed by atoms with Crippen molar-refractivity contribution in [1.29, 1.82) is 0 Å². The molecule has 1 aliphatic rings. The maximum atomic E-state index is 10.5. The van der Waals surface area contributed by atoms with Gasteiger partial charge in [-0.25, -0.2) is 14.6 Å². The first-order valence-corrected chi connectivity index (χ1v) is 5.91. The molecular formula is C9H8N6OS. The summed E-state index contributed by atoms with van der Waals surface area (Å²) >= 11 is 1.30. The molecule has 17 heavy (non-hydrogen) atoms. The molecule has 0 spiro atoms. The van der Waals surface area contributed by atoms with E-state index in [-0.39, 0.29) is 0 Å². The summed E-state index contributed by atoms with van der Waals surface area (Å²) in [6.07, 6.45) is 5.90. The third-order valence-electron chi connectivity index (χ3n) is 2.32. The van der Waals surface area contributed by atoms with Gasteiger partial charge in [-0.1, -0.05) is 0 Å². The van der Waals surface area contributed by atoms with Crippen molar-refractivity contribution in [2.75, 3.05) is 0 Å². The van der Waals surface area contributed by atoms with Crippen molar-refractivity contribution in [2.45, 2.75) is 29.2 Å². The molecule has 2 aromatic heterocycles. The average molecular weight is 248 g/mol. The summed E-state index contributed by atoms with van der Waals surface area (Å²) in [5.41, 5.74) is 0.455. The molecule has 7 nitrogen and oxygen atoms in total. The second kappa shape index (κ2) is 4.21. The first kappa shape index (κ1) is 10.3. The van der Waals surface area contributed by atoms with E-state index in [2.05, 4.69) is 25.5 Å². The van der Waals surface area contributed by atoms with E-state index in [1.54, 1.807) is 4.68 Å². The van der Waals surface area contributed by atoms with Crippen LogP contribution in [0.2, 0.25) is 0 Å². The Bertz CT molecular complexity index is 535. The Morgan fingerprint density at radius 2 is 2.12 bits per heavy atom. The lowest BCUT2D eigenvalue weighted by Crippen LogP contribution is -1.99. The third-order valence-corrected chi connectivity index (χ3v) is 3.17. The Kier molecular flexibility index (Phi) is 2.56. The van der Waals surface area contributed by atoms with E-state index in [1.807, 2.05) is 0 Å². The Morgan fingerprint density at radius 3 is 2.76 bits per heavy atom.